The first-order chi connectivity index (χ1) is 13.5. The molecule has 28 heavy (non-hydrogen) atoms. The fraction of sp³-hybridized carbons (Fsp3) is 0.182. The number of aromatic nitrogens is 1. The molecule has 0 bridgehead atoms. The van der Waals surface area contributed by atoms with E-state index in [1.165, 1.54) is 41.0 Å². The molecular formula is C22H18F2N2O2. The smallest absolute Gasteiger partial charge is 0.253 e. The molecule has 1 fully saturated rings. The fourth-order valence-electron chi connectivity index (χ4n) is 3.56. The molecule has 0 spiro atoms. The second-order valence-corrected chi connectivity index (χ2v) is 6.95. The third-order valence-electron chi connectivity index (χ3n) is 5.13. The molecule has 6 heteroatoms. The Balaban J connectivity index is 1.76. The summed E-state index contributed by atoms with van der Waals surface area (Å²) in [7, 11) is 0. The molecule has 4 rings (SSSR count). The highest BCUT2D eigenvalue weighted by Crippen LogP contribution is 2.31. The van der Waals surface area contributed by atoms with Gasteiger partial charge in [-0.15, -0.1) is 0 Å². The van der Waals surface area contributed by atoms with Crippen molar-refractivity contribution < 1.29 is 13.6 Å². The Labute approximate surface area is 160 Å². The molecular weight excluding hydrogens is 362 g/mol. The number of carbonyl (C=O) groups is 1. The van der Waals surface area contributed by atoms with E-state index in [0.29, 0.717) is 29.7 Å². The van der Waals surface area contributed by atoms with Crippen molar-refractivity contribution in [2.75, 3.05) is 18.0 Å². The van der Waals surface area contributed by atoms with Crippen molar-refractivity contribution in [2.24, 2.45) is 5.92 Å². The SMILES string of the molecule is C=CC(=O)C1CN(c2cc(=O)n(Cc3ccc(F)cc3)c3ccc(F)cc23)C1. The standard InChI is InChI=1S/C22H18F2N2O2/c1-2-21(27)15-12-25(13-15)20-10-22(28)26(11-14-3-5-16(23)6-4-14)19-8-7-17(24)9-18(19)20/h2-10,15H,1,11-13H2. The molecule has 0 N–H and O–H groups in total. The average molecular weight is 380 g/mol. The van der Waals surface area contributed by atoms with Crippen molar-refractivity contribution in [1.82, 2.24) is 4.57 Å². The molecule has 1 aliphatic rings. The highest BCUT2D eigenvalue weighted by atomic mass is 19.1. The van der Waals surface area contributed by atoms with Gasteiger partial charge in [-0.05, 0) is 42.0 Å². The van der Waals surface area contributed by atoms with Gasteiger partial charge in [-0.3, -0.25) is 9.59 Å². The van der Waals surface area contributed by atoms with Crippen molar-refractivity contribution >= 4 is 22.4 Å². The number of nitrogens with zero attached hydrogens (tertiary/aromatic N) is 2. The van der Waals surface area contributed by atoms with Gasteiger partial charge in [0.05, 0.1) is 23.7 Å². The molecule has 1 aromatic heterocycles. The molecule has 1 aliphatic heterocycles. The van der Waals surface area contributed by atoms with Crippen LogP contribution in [-0.4, -0.2) is 23.4 Å². The van der Waals surface area contributed by atoms with E-state index in [9.17, 15) is 18.4 Å². The topological polar surface area (TPSA) is 42.3 Å². The third-order valence-corrected chi connectivity index (χ3v) is 5.13. The average Bonchev–Trinajstić information content (AvgIpc) is 2.65. The highest BCUT2D eigenvalue weighted by molar-refractivity contribution is 5.96. The van der Waals surface area contributed by atoms with Crippen LogP contribution in [-0.2, 0) is 11.3 Å². The first kappa shape index (κ1) is 18.1. The first-order valence-electron chi connectivity index (χ1n) is 8.95. The van der Waals surface area contributed by atoms with Crippen molar-refractivity contribution in [2.45, 2.75) is 6.54 Å². The molecule has 0 unspecified atom stereocenters. The summed E-state index contributed by atoms with van der Waals surface area (Å²) in [4.78, 5) is 26.5. The number of hydrogen-bond donors (Lipinski definition) is 0. The minimum Gasteiger partial charge on any atom is -0.369 e. The zero-order valence-corrected chi connectivity index (χ0v) is 15.1. The minimum absolute atomic E-state index is 0.0311. The van der Waals surface area contributed by atoms with Gasteiger partial charge in [0.1, 0.15) is 11.6 Å². The lowest BCUT2D eigenvalue weighted by atomic mass is 9.94. The van der Waals surface area contributed by atoms with Gasteiger partial charge in [-0.1, -0.05) is 18.7 Å². The van der Waals surface area contributed by atoms with Gasteiger partial charge in [-0.25, -0.2) is 8.78 Å². The molecule has 1 saturated heterocycles. The molecule has 0 amide bonds. The van der Waals surface area contributed by atoms with Crippen LogP contribution in [0, 0.1) is 17.6 Å². The Bertz CT molecular complexity index is 1130. The van der Waals surface area contributed by atoms with Crippen LogP contribution >= 0.6 is 0 Å². The summed E-state index contributed by atoms with van der Waals surface area (Å²) in [5.41, 5.74) is 1.73. The second kappa shape index (κ2) is 7.03. The number of anilines is 1. The summed E-state index contributed by atoms with van der Waals surface area (Å²) < 4.78 is 28.6. The maximum Gasteiger partial charge on any atom is 0.253 e. The molecule has 2 heterocycles. The second-order valence-electron chi connectivity index (χ2n) is 6.95. The van der Waals surface area contributed by atoms with Gasteiger partial charge in [0.25, 0.3) is 5.56 Å². The number of benzene rings is 2. The van der Waals surface area contributed by atoms with Crippen LogP contribution in [0.3, 0.4) is 0 Å². The van der Waals surface area contributed by atoms with E-state index in [0.717, 1.165) is 5.56 Å². The quantitative estimate of drug-likeness (QED) is 0.636. The minimum atomic E-state index is -0.403. The van der Waals surface area contributed by atoms with Crippen LogP contribution in [0.2, 0.25) is 0 Å². The molecule has 0 radical (unpaired) electrons. The van der Waals surface area contributed by atoms with Gasteiger partial charge in [0.15, 0.2) is 5.78 Å². The van der Waals surface area contributed by atoms with Crippen LogP contribution in [0.4, 0.5) is 14.5 Å². The molecule has 0 atom stereocenters. The lowest BCUT2D eigenvalue weighted by Crippen LogP contribution is -2.50. The maximum atomic E-state index is 14.0. The van der Waals surface area contributed by atoms with Gasteiger partial charge in [0, 0.05) is 24.5 Å². The van der Waals surface area contributed by atoms with E-state index < -0.39 is 5.82 Å². The Hall–Kier alpha value is -3.28. The van der Waals surface area contributed by atoms with Crippen LogP contribution in [0.5, 0.6) is 0 Å². The number of pyridine rings is 1. The normalized spacial score (nSPS) is 14.1. The van der Waals surface area contributed by atoms with Crippen molar-refractivity contribution in [1.29, 1.82) is 0 Å². The van der Waals surface area contributed by atoms with Gasteiger partial charge in [0.2, 0.25) is 0 Å². The number of rotatable bonds is 5. The van der Waals surface area contributed by atoms with E-state index >= 15 is 0 Å². The summed E-state index contributed by atoms with van der Waals surface area (Å²) >= 11 is 0. The van der Waals surface area contributed by atoms with E-state index in [1.807, 2.05) is 4.90 Å². The molecule has 4 nitrogen and oxygen atoms in total. The predicted molar refractivity (Wildman–Crippen MR) is 105 cm³/mol. The Morgan fingerprint density at radius 3 is 2.43 bits per heavy atom. The number of halogens is 2. The van der Waals surface area contributed by atoms with Gasteiger partial charge < -0.3 is 9.47 Å². The summed E-state index contributed by atoms with van der Waals surface area (Å²) in [6, 6.07) is 11.7. The first-order valence-corrected chi connectivity index (χ1v) is 8.95. The molecule has 142 valence electrons. The number of hydrogen-bond acceptors (Lipinski definition) is 3. The Morgan fingerprint density at radius 2 is 1.75 bits per heavy atom. The van der Waals surface area contributed by atoms with Crippen molar-refractivity contribution in [3.05, 3.63) is 88.7 Å². The van der Waals surface area contributed by atoms with E-state index in [2.05, 4.69) is 6.58 Å². The molecule has 2 aromatic carbocycles. The third kappa shape index (κ3) is 3.22. The Morgan fingerprint density at radius 1 is 1.07 bits per heavy atom. The highest BCUT2D eigenvalue weighted by Gasteiger charge is 2.32. The van der Waals surface area contributed by atoms with E-state index in [-0.39, 0.29) is 29.6 Å². The summed E-state index contributed by atoms with van der Waals surface area (Å²) in [6.45, 7) is 4.69. The van der Waals surface area contributed by atoms with Gasteiger partial charge in [-0.2, -0.15) is 0 Å². The van der Waals surface area contributed by atoms with E-state index in [1.54, 1.807) is 18.2 Å². The Kier molecular flexibility index (Phi) is 4.55. The number of fused-ring (bicyclic) bond motifs is 1. The monoisotopic (exact) mass is 380 g/mol. The number of ketones is 1. The summed E-state index contributed by atoms with van der Waals surface area (Å²) in [5.74, 6) is -0.932. The van der Waals surface area contributed by atoms with E-state index in [4.69, 9.17) is 0 Å². The van der Waals surface area contributed by atoms with Crippen LogP contribution in [0.1, 0.15) is 5.56 Å². The molecule has 0 saturated carbocycles. The fourth-order valence-corrected chi connectivity index (χ4v) is 3.56. The zero-order valence-electron chi connectivity index (χ0n) is 15.1. The lowest BCUT2D eigenvalue weighted by Gasteiger charge is -2.40. The summed E-state index contributed by atoms with van der Waals surface area (Å²) in [5, 5.41) is 0.603. The van der Waals surface area contributed by atoms with Gasteiger partial charge >= 0.3 is 0 Å². The van der Waals surface area contributed by atoms with Crippen molar-refractivity contribution in [3.63, 3.8) is 0 Å². The number of carbonyl (C=O) groups excluding carboxylic acids is 1. The lowest BCUT2D eigenvalue weighted by molar-refractivity contribution is -0.118. The largest absolute Gasteiger partial charge is 0.369 e. The van der Waals surface area contributed by atoms with Crippen LogP contribution in [0.15, 0.2) is 66.0 Å². The zero-order chi connectivity index (χ0) is 19.8. The number of allylic oxidation sites excluding steroid dienone is 1. The van der Waals surface area contributed by atoms with Crippen molar-refractivity contribution in [3.8, 4) is 0 Å². The maximum absolute atomic E-state index is 14.0. The van der Waals surface area contributed by atoms with Crippen LogP contribution < -0.4 is 10.5 Å². The molecule has 3 aromatic rings. The summed E-state index contributed by atoms with van der Waals surface area (Å²) in [6.07, 6.45) is 1.31. The molecule has 0 aliphatic carbocycles. The predicted octanol–water partition coefficient (Wildman–Crippen LogP) is 3.52. The van der Waals surface area contributed by atoms with Crippen LogP contribution in [0.25, 0.3) is 10.9 Å².